The van der Waals surface area contributed by atoms with Crippen LogP contribution in [0.1, 0.15) is 4.88 Å². The van der Waals surface area contributed by atoms with Crippen molar-refractivity contribution >= 4 is 33.1 Å². The third kappa shape index (κ3) is 1.76. The smallest absolute Gasteiger partial charge is 0.136 e. The van der Waals surface area contributed by atoms with Gasteiger partial charge in [-0.05, 0) is 27.4 Å². The van der Waals surface area contributed by atoms with Crippen molar-refractivity contribution < 1.29 is 0 Å². The Morgan fingerprint density at radius 3 is 3.00 bits per heavy atom. The maximum atomic E-state index is 5.78. The Labute approximate surface area is 88.3 Å². The fourth-order valence-corrected chi connectivity index (χ4v) is 2.03. The molecule has 0 saturated heterocycles. The number of hydrogen-bond donors (Lipinski definition) is 1. The maximum absolute atomic E-state index is 5.78. The summed E-state index contributed by atoms with van der Waals surface area (Å²) < 4.78 is 2.62. The molecule has 0 saturated carbocycles. The number of rotatable bonds is 2. The van der Waals surface area contributed by atoms with Gasteiger partial charge in [0.2, 0.25) is 0 Å². The molecule has 3 nitrogen and oxygen atoms in total. The van der Waals surface area contributed by atoms with E-state index in [1.807, 2.05) is 11.4 Å². The molecule has 0 atom stereocenters. The van der Waals surface area contributed by atoms with E-state index in [1.54, 1.807) is 22.2 Å². The van der Waals surface area contributed by atoms with Gasteiger partial charge in [0.25, 0.3) is 0 Å². The highest BCUT2D eigenvalue weighted by Crippen LogP contribution is 2.20. The van der Waals surface area contributed by atoms with E-state index < -0.39 is 0 Å². The van der Waals surface area contributed by atoms with Crippen molar-refractivity contribution in [3.63, 3.8) is 0 Å². The summed E-state index contributed by atoms with van der Waals surface area (Å²) in [4.78, 5) is 1.25. The molecule has 2 aromatic rings. The molecule has 0 unspecified atom stereocenters. The van der Waals surface area contributed by atoms with Gasteiger partial charge in [-0.2, -0.15) is 5.10 Å². The van der Waals surface area contributed by atoms with Gasteiger partial charge in [0.05, 0.1) is 17.2 Å². The number of aromatic nitrogens is 2. The standard InChI is InChI=1S/C8H8BrN3S/c9-7-4-11-12(8(7)10)5-6-2-1-3-13-6/h1-4H,5,10H2. The van der Waals surface area contributed by atoms with Crippen LogP contribution in [-0.2, 0) is 6.54 Å². The van der Waals surface area contributed by atoms with Crippen LogP contribution >= 0.6 is 27.3 Å². The van der Waals surface area contributed by atoms with E-state index in [9.17, 15) is 0 Å². The zero-order valence-corrected chi connectivity index (χ0v) is 9.18. The largest absolute Gasteiger partial charge is 0.383 e. The molecule has 0 aliphatic rings. The lowest BCUT2D eigenvalue weighted by Gasteiger charge is -2.00. The molecule has 2 heterocycles. The second-order valence-electron chi connectivity index (χ2n) is 2.61. The molecule has 13 heavy (non-hydrogen) atoms. The fourth-order valence-electron chi connectivity index (χ4n) is 1.05. The summed E-state index contributed by atoms with van der Waals surface area (Å²) in [5.41, 5.74) is 5.78. The van der Waals surface area contributed by atoms with Crippen LogP contribution in [0.5, 0.6) is 0 Å². The van der Waals surface area contributed by atoms with Gasteiger partial charge in [-0.25, -0.2) is 4.68 Å². The molecule has 2 N–H and O–H groups in total. The van der Waals surface area contributed by atoms with Crippen molar-refractivity contribution in [1.82, 2.24) is 9.78 Å². The van der Waals surface area contributed by atoms with Gasteiger partial charge in [-0.1, -0.05) is 6.07 Å². The third-order valence-electron chi connectivity index (χ3n) is 1.72. The molecule has 0 spiro atoms. The Hall–Kier alpha value is -0.810. The Morgan fingerprint density at radius 1 is 1.62 bits per heavy atom. The molecule has 0 amide bonds. The lowest BCUT2D eigenvalue weighted by molar-refractivity contribution is 0.705. The van der Waals surface area contributed by atoms with Crippen LogP contribution in [0.15, 0.2) is 28.2 Å². The lowest BCUT2D eigenvalue weighted by atomic mass is 10.5. The molecule has 0 aliphatic heterocycles. The second kappa shape index (κ2) is 3.51. The molecule has 2 rings (SSSR count). The van der Waals surface area contributed by atoms with Crippen LogP contribution in [0, 0.1) is 0 Å². The van der Waals surface area contributed by atoms with Gasteiger partial charge in [-0.15, -0.1) is 11.3 Å². The number of nitrogens with two attached hydrogens (primary N) is 1. The molecular weight excluding hydrogens is 250 g/mol. The van der Waals surface area contributed by atoms with Gasteiger partial charge in [-0.3, -0.25) is 0 Å². The highest BCUT2D eigenvalue weighted by molar-refractivity contribution is 9.10. The van der Waals surface area contributed by atoms with Crippen molar-refractivity contribution in [3.8, 4) is 0 Å². The highest BCUT2D eigenvalue weighted by Gasteiger charge is 2.04. The van der Waals surface area contributed by atoms with E-state index in [2.05, 4.69) is 27.1 Å². The summed E-state index contributed by atoms with van der Waals surface area (Å²) in [7, 11) is 0. The van der Waals surface area contributed by atoms with Crippen LogP contribution in [0.3, 0.4) is 0 Å². The SMILES string of the molecule is Nc1c(Br)cnn1Cc1cccs1. The zero-order chi connectivity index (χ0) is 9.26. The van der Waals surface area contributed by atoms with Crippen LogP contribution in [-0.4, -0.2) is 9.78 Å². The van der Waals surface area contributed by atoms with Gasteiger partial charge in [0.1, 0.15) is 5.82 Å². The minimum Gasteiger partial charge on any atom is -0.383 e. The Morgan fingerprint density at radius 2 is 2.46 bits per heavy atom. The molecule has 0 radical (unpaired) electrons. The predicted octanol–water partition coefficient (Wildman–Crippen LogP) is 2.34. The van der Waals surface area contributed by atoms with Crippen LogP contribution in [0.2, 0.25) is 0 Å². The van der Waals surface area contributed by atoms with E-state index >= 15 is 0 Å². The van der Waals surface area contributed by atoms with E-state index in [0.717, 1.165) is 11.0 Å². The van der Waals surface area contributed by atoms with Gasteiger partial charge >= 0.3 is 0 Å². The van der Waals surface area contributed by atoms with Gasteiger partial charge in [0.15, 0.2) is 0 Å². The summed E-state index contributed by atoms with van der Waals surface area (Å²) in [6.07, 6.45) is 1.71. The summed E-state index contributed by atoms with van der Waals surface area (Å²) >= 11 is 5.02. The van der Waals surface area contributed by atoms with E-state index in [0.29, 0.717) is 5.82 Å². The number of nitrogens with zero attached hydrogens (tertiary/aromatic N) is 2. The van der Waals surface area contributed by atoms with Gasteiger partial charge in [0, 0.05) is 4.88 Å². The van der Waals surface area contributed by atoms with Crippen LogP contribution in [0.25, 0.3) is 0 Å². The van der Waals surface area contributed by atoms with Crippen molar-refractivity contribution in [2.75, 3.05) is 5.73 Å². The normalized spacial score (nSPS) is 10.5. The molecule has 0 bridgehead atoms. The zero-order valence-electron chi connectivity index (χ0n) is 6.77. The average Bonchev–Trinajstić information content (AvgIpc) is 2.71. The predicted molar refractivity (Wildman–Crippen MR) is 57.8 cm³/mol. The van der Waals surface area contributed by atoms with Crippen molar-refractivity contribution in [2.24, 2.45) is 0 Å². The number of halogens is 1. The highest BCUT2D eigenvalue weighted by atomic mass is 79.9. The number of nitrogen functional groups attached to an aromatic ring is 1. The molecule has 68 valence electrons. The van der Waals surface area contributed by atoms with Crippen LogP contribution in [0.4, 0.5) is 5.82 Å². The monoisotopic (exact) mass is 257 g/mol. The van der Waals surface area contributed by atoms with Crippen molar-refractivity contribution in [3.05, 3.63) is 33.1 Å². The van der Waals surface area contributed by atoms with E-state index in [1.165, 1.54) is 4.88 Å². The van der Waals surface area contributed by atoms with E-state index in [4.69, 9.17) is 5.73 Å². The summed E-state index contributed by atoms with van der Waals surface area (Å²) in [6, 6.07) is 4.09. The molecule has 0 aromatic carbocycles. The molecular formula is C8H8BrN3S. The first-order chi connectivity index (χ1) is 6.27. The van der Waals surface area contributed by atoms with Gasteiger partial charge < -0.3 is 5.73 Å². The van der Waals surface area contributed by atoms with Crippen LogP contribution < -0.4 is 5.73 Å². The third-order valence-corrected chi connectivity index (χ3v) is 3.19. The minimum atomic E-state index is 0.674. The summed E-state index contributed by atoms with van der Waals surface area (Å²) in [5, 5.41) is 6.19. The Balaban J connectivity index is 2.24. The quantitative estimate of drug-likeness (QED) is 0.898. The van der Waals surface area contributed by atoms with Crippen molar-refractivity contribution in [1.29, 1.82) is 0 Å². The lowest BCUT2D eigenvalue weighted by Crippen LogP contribution is -2.04. The summed E-state index contributed by atoms with van der Waals surface area (Å²) in [5.74, 6) is 0.674. The molecule has 0 fully saturated rings. The average molecular weight is 258 g/mol. The molecule has 5 heteroatoms. The first kappa shape index (κ1) is 8.77. The summed E-state index contributed by atoms with van der Waals surface area (Å²) in [6.45, 7) is 0.745. The second-order valence-corrected chi connectivity index (χ2v) is 4.50. The minimum absolute atomic E-state index is 0.674. The maximum Gasteiger partial charge on any atom is 0.136 e. The topological polar surface area (TPSA) is 43.8 Å². The number of anilines is 1. The molecule has 2 aromatic heterocycles. The Kier molecular flexibility index (Phi) is 2.37. The molecule has 0 aliphatic carbocycles. The number of hydrogen-bond acceptors (Lipinski definition) is 3. The van der Waals surface area contributed by atoms with E-state index in [-0.39, 0.29) is 0 Å². The van der Waals surface area contributed by atoms with Crippen molar-refractivity contribution in [2.45, 2.75) is 6.54 Å². The fraction of sp³-hybridized carbons (Fsp3) is 0.125. The number of thiophene rings is 1. The first-order valence-electron chi connectivity index (χ1n) is 3.76. The first-order valence-corrected chi connectivity index (χ1v) is 5.44. The Bertz CT molecular complexity index is 393.